The van der Waals surface area contributed by atoms with E-state index >= 15 is 0 Å². The summed E-state index contributed by atoms with van der Waals surface area (Å²) < 4.78 is 47.5. The van der Waals surface area contributed by atoms with Crippen LogP contribution in [0.3, 0.4) is 0 Å². The maximum Gasteiger partial charge on any atom is 0.316 e. The summed E-state index contributed by atoms with van der Waals surface area (Å²) in [6.45, 7) is 4.31. The van der Waals surface area contributed by atoms with Crippen molar-refractivity contribution in [1.82, 2.24) is 9.97 Å². The molecule has 8 nitrogen and oxygen atoms in total. The molecule has 1 aromatic heterocycles. The average Bonchev–Trinajstić information content (AvgIpc) is 2.93. The highest BCUT2D eigenvalue weighted by molar-refractivity contribution is 7.99. The van der Waals surface area contributed by atoms with E-state index in [-0.39, 0.29) is 18.3 Å². The Balaban J connectivity index is 2.01. The molecule has 0 aromatic carbocycles. The van der Waals surface area contributed by atoms with Crippen molar-refractivity contribution in [2.75, 3.05) is 43.7 Å². The molecule has 1 aromatic rings. The van der Waals surface area contributed by atoms with Crippen LogP contribution in [0.1, 0.15) is 116 Å². The first-order chi connectivity index (χ1) is 19.5. The van der Waals surface area contributed by atoms with Gasteiger partial charge in [0.15, 0.2) is 0 Å². The van der Waals surface area contributed by atoms with E-state index < -0.39 is 10.1 Å². The number of thioether (sulfide) groups is 1. The maximum absolute atomic E-state index is 10.7. The predicted octanol–water partition coefficient (Wildman–Crippen LogP) is 7.53. The molecular weight excluding hydrogens is 548 g/mol. The van der Waals surface area contributed by atoms with Crippen LogP contribution in [0.15, 0.2) is 18.5 Å². The number of hydrogen-bond donors (Lipinski definition) is 1. The summed E-state index contributed by atoms with van der Waals surface area (Å²) in [4.78, 5) is 8.31. The molecule has 0 aliphatic carbocycles. The third-order valence-electron chi connectivity index (χ3n) is 6.63. The molecule has 234 valence electrons. The van der Waals surface area contributed by atoms with Crippen LogP contribution < -0.4 is 4.74 Å². The molecule has 10 heteroatoms. The number of rotatable bonds is 30. The molecule has 1 atom stereocenters. The van der Waals surface area contributed by atoms with Crippen LogP contribution in [-0.4, -0.2) is 72.7 Å². The minimum atomic E-state index is -3.92. The van der Waals surface area contributed by atoms with Crippen LogP contribution in [0.25, 0.3) is 0 Å². The van der Waals surface area contributed by atoms with E-state index in [4.69, 9.17) is 18.8 Å². The summed E-state index contributed by atoms with van der Waals surface area (Å²) in [5.74, 6) is 1.19. The lowest BCUT2D eigenvalue weighted by atomic mass is 10.0. The predicted molar refractivity (Wildman–Crippen MR) is 166 cm³/mol. The van der Waals surface area contributed by atoms with Gasteiger partial charge in [-0.1, -0.05) is 103 Å². The minimum Gasteiger partial charge on any atom is -0.457 e. The van der Waals surface area contributed by atoms with E-state index in [0.717, 1.165) is 18.8 Å². The standard InChI is InChI=1S/C30H56N2O6S2/c1-2-3-4-5-6-7-8-9-10-11-12-13-14-15-16-17-22-37-27-29(38-30-31-20-18-21-32-30)28-39-25-24-36-23-19-26-40(33,34)35/h18,20-21,29H,2-17,19,22-28H2,1H3,(H,33,34,35). The average molecular weight is 605 g/mol. The van der Waals surface area contributed by atoms with Gasteiger partial charge in [0.2, 0.25) is 0 Å². The van der Waals surface area contributed by atoms with Gasteiger partial charge in [-0.05, 0) is 18.9 Å². The monoisotopic (exact) mass is 604 g/mol. The lowest BCUT2D eigenvalue weighted by Gasteiger charge is -2.17. The van der Waals surface area contributed by atoms with Gasteiger partial charge in [0, 0.05) is 37.1 Å². The van der Waals surface area contributed by atoms with Gasteiger partial charge in [0.25, 0.3) is 10.1 Å². The van der Waals surface area contributed by atoms with Crippen molar-refractivity contribution in [2.24, 2.45) is 0 Å². The molecule has 1 rings (SSSR count). The molecule has 1 heterocycles. The Morgan fingerprint density at radius 3 is 1.82 bits per heavy atom. The van der Waals surface area contributed by atoms with Crippen LogP contribution >= 0.6 is 11.8 Å². The van der Waals surface area contributed by atoms with E-state index in [2.05, 4.69) is 16.9 Å². The molecule has 40 heavy (non-hydrogen) atoms. The number of aromatic nitrogens is 2. The molecule has 0 aliphatic heterocycles. The fourth-order valence-electron chi connectivity index (χ4n) is 4.36. The lowest BCUT2D eigenvalue weighted by Crippen LogP contribution is -2.27. The maximum atomic E-state index is 10.7. The van der Waals surface area contributed by atoms with Gasteiger partial charge in [-0.15, -0.1) is 0 Å². The molecule has 1 N–H and O–H groups in total. The van der Waals surface area contributed by atoms with Crippen LogP contribution in [0.4, 0.5) is 0 Å². The Morgan fingerprint density at radius 1 is 0.750 bits per heavy atom. The molecule has 0 radical (unpaired) electrons. The van der Waals surface area contributed by atoms with Gasteiger partial charge in [-0.25, -0.2) is 9.97 Å². The molecule has 0 saturated carbocycles. The van der Waals surface area contributed by atoms with E-state index in [0.29, 0.717) is 31.6 Å². The molecule has 0 spiro atoms. The summed E-state index contributed by atoms with van der Waals surface area (Å²) in [6.07, 6.45) is 25.1. The van der Waals surface area contributed by atoms with Gasteiger partial charge in [0.05, 0.1) is 19.0 Å². The van der Waals surface area contributed by atoms with E-state index in [9.17, 15) is 8.42 Å². The Labute approximate surface area is 248 Å². The number of unbranched alkanes of at least 4 members (excludes halogenated alkanes) is 15. The van der Waals surface area contributed by atoms with E-state index in [1.165, 1.54) is 96.3 Å². The van der Waals surface area contributed by atoms with Crippen LogP contribution in [0.2, 0.25) is 0 Å². The number of nitrogens with zero attached hydrogens (tertiary/aromatic N) is 2. The summed E-state index contributed by atoms with van der Waals surface area (Å²) in [7, 11) is -3.92. The first kappa shape index (κ1) is 37.1. The largest absolute Gasteiger partial charge is 0.457 e. The summed E-state index contributed by atoms with van der Waals surface area (Å²) in [5.41, 5.74) is 0. The molecule has 0 aliphatic rings. The molecule has 0 amide bonds. The van der Waals surface area contributed by atoms with Crippen molar-refractivity contribution < 1.29 is 27.2 Å². The zero-order chi connectivity index (χ0) is 29.0. The van der Waals surface area contributed by atoms with Gasteiger partial charge in [0.1, 0.15) is 6.10 Å². The van der Waals surface area contributed by atoms with Gasteiger partial charge < -0.3 is 14.2 Å². The zero-order valence-electron chi connectivity index (χ0n) is 25.0. The fraction of sp³-hybridized carbons (Fsp3) is 0.867. The molecule has 1 unspecified atom stereocenters. The SMILES string of the molecule is CCCCCCCCCCCCCCCCCCOCC(CSCCOCCCS(=O)(=O)O)Oc1ncccn1. The second-order valence-electron chi connectivity index (χ2n) is 10.5. The number of hydrogen-bond acceptors (Lipinski definition) is 8. The first-order valence-electron chi connectivity index (χ1n) is 15.6. The Bertz CT molecular complexity index is 771. The number of ether oxygens (including phenoxy) is 3. The smallest absolute Gasteiger partial charge is 0.316 e. The van der Waals surface area contributed by atoms with Crippen LogP contribution in [0, 0.1) is 0 Å². The lowest BCUT2D eigenvalue weighted by molar-refractivity contribution is 0.0541. The Kier molecular flexibility index (Phi) is 25.0. The summed E-state index contributed by atoms with van der Waals surface area (Å²) >= 11 is 1.68. The van der Waals surface area contributed by atoms with Gasteiger partial charge in [-0.3, -0.25) is 4.55 Å². The van der Waals surface area contributed by atoms with Crippen molar-refractivity contribution in [2.45, 2.75) is 122 Å². The minimum absolute atomic E-state index is 0.159. The Morgan fingerprint density at radius 2 is 1.27 bits per heavy atom. The van der Waals surface area contributed by atoms with Crippen molar-refractivity contribution in [3.63, 3.8) is 0 Å². The molecular formula is C30H56N2O6S2. The third kappa shape index (κ3) is 26.0. The first-order valence-corrected chi connectivity index (χ1v) is 18.4. The van der Waals surface area contributed by atoms with Crippen molar-refractivity contribution >= 4 is 21.9 Å². The fourth-order valence-corrected chi connectivity index (χ4v) is 5.67. The molecule has 0 fully saturated rings. The zero-order valence-corrected chi connectivity index (χ0v) is 26.6. The molecule has 0 bridgehead atoms. The quantitative estimate of drug-likeness (QED) is 0.0704. The van der Waals surface area contributed by atoms with Crippen LogP contribution in [-0.2, 0) is 19.6 Å². The molecule has 0 saturated heterocycles. The second kappa shape index (κ2) is 26.9. The summed E-state index contributed by atoms with van der Waals surface area (Å²) in [6, 6.07) is 2.10. The Hall–Kier alpha value is -0.940. The third-order valence-corrected chi connectivity index (χ3v) is 8.49. The van der Waals surface area contributed by atoms with E-state index in [1.807, 2.05) is 0 Å². The van der Waals surface area contributed by atoms with Crippen molar-refractivity contribution in [1.29, 1.82) is 0 Å². The van der Waals surface area contributed by atoms with Gasteiger partial charge in [-0.2, -0.15) is 20.2 Å². The highest BCUT2D eigenvalue weighted by Crippen LogP contribution is 2.14. The van der Waals surface area contributed by atoms with Crippen LogP contribution in [0.5, 0.6) is 6.01 Å². The van der Waals surface area contributed by atoms with Crippen molar-refractivity contribution in [3.8, 4) is 6.01 Å². The normalized spacial score (nSPS) is 12.6. The second-order valence-corrected chi connectivity index (χ2v) is 13.2. The van der Waals surface area contributed by atoms with E-state index in [1.54, 1.807) is 30.2 Å². The van der Waals surface area contributed by atoms with Gasteiger partial charge >= 0.3 is 6.01 Å². The van der Waals surface area contributed by atoms with Crippen molar-refractivity contribution in [3.05, 3.63) is 18.5 Å². The summed E-state index contributed by atoms with van der Waals surface area (Å²) in [5, 5.41) is 0. The highest BCUT2D eigenvalue weighted by Gasteiger charge is 2.13. The highest BCUT2D eigenvalue weighted by atomic mass is 32.2. The topological polar surface area (TPSA) is 108 Å².